The molecule has 3 atom stereocenters. The lowest BCUT2D eigenvalue weighted by atomic mass is 10.0. The van der Waals surface area contributed by atoms with Crippen LogP contribution in [-0.4, -0.2) is 59.7 Å². The van der Waals surface area contributed by atoms with Gasteiger partial charge in [-0.15, -0.1) is 0 Å². The van der Waals surface area contributed by atoms with E-state index >= 15 is 0 Å². The number of rotatable bonds is 6. The lowest BCUT2D eigenvalue weighted by Gasteiger charge is -2.32. The Labute approximate surface area is 305 Å². The molecular weight excluding hydrogens is 652 g/mol. The average Bonchev–Trinajstić information content (AvgIpc) is 3.93. The molecule has 4 heterocycles. The van der Waals surface area contributed by atoms with E-state index in [9.17, 15) is 9.59 Å². The highest BCUT2D eigenvalue weighted by Crippen LogP contribution is 2.44. The number of aromatic amines is 2. The number of likely N-dealkylation sites (tertiary alicyclic amines) is 2. The number of H-pyrrole nitrogens is 2. The molecule has 2 aliphatic heterocycles. The van der Waals surface area contributed by atoms with Crippen LogP contribution in [0.3, 0.4) is 0 Å². The first-order valence-corrected chi connectivity index (χ1v) is 18.2. The minimum absolute atomic E-state index is 0.0857. The van der Waals surface area contributed by atoms with Crippen molar-refractivity contribution in [2.45, 2.75) is 96.6 Å². The van der Waals surface area contributed by atoms with Crippen molar-refractivity contribution in [3.8, 4) is 33.6 Å². The number of ether oxygens (including phenoxy) is 2. The summed E-state index contributed by atoms with van der Waals surface area (Å²) in [7, 11) is 0. The number of carbonyl (C=O) groups excluding carboxylic acids is 2. The average molecular weight is 701 g/mol. The zero-order valence-corrected chi connectivity index (χ0v) is 30.8. The minimum atomic E-state index is -0.605. The van der Waals surface area contributed by atoms with Crippen LogP contribution in [0, 0.1) is 0 Å². The fraction of sp³-hybridized carbons (Fsp3) is 0.381. The summed E-state index contributed by atoms with van der Waals surface area (Å²) in [6, 6.07) is 26.5. The molecule has 0 bridgehead atoms. The summed E-state index contributed by atoms with van der Waals surface area (Å²) in [4.78, 5) is 46.4. The molecule has 2 aliphatic rings. The maximum absolute atomic E-state index is 13.5. The summed E-state index contributed by atoms with van der Waals surface area (Å²) >= 11 is 0. The zero-order chi connectivity index (χ0) is 36.6. The maximum Gasteiger partial charge on any atom is 0.411 e. The Hall–Kier alpha value is -5.38. The van der Waals surface area contributed by atoms with Crippen LogP contribution in [0.5, 0.6) is 0 Å². The minimum Gasteiger partial charge on any atom is -0.444 e. The van der Waals surface area contributed by atoms with Gasteiger partial charge in [0.25, 0.3) is 0 Å². The molecule has 2 aromatic heterocycles. The van der Waals surface area contributed by atoms with Gasteiger partial charge in [-0.3, -0.25) is 9.80 Å². The van der Waals surface area contributed by atoms with Gasteiger partial charge < -0.3 is 19.4 Å². The molecule has 0 spiro atoms. The van der Waals surface area contributed by atoms with E-state index in [-0.39, 0.29) is 30.3 Å². The van der Waals surface area contributed by atoms with Gasteiger partial charge in [0.05, 0.1) is 41.9 Å². The first-order valence-electron chi connectivity index (χ1n) is 18.2. The molecule has 0 saturated carbocycles. The quantitative estimate of drug-likeness (QED) is 0.182. The second kappa shape index (κ2) is 14.0. The van der Waals surface area contributed by atoms with Crippen LogP contribution in [0.25, 0.3) is 33.6 Å². The Balaban J connectivity index is 1.04. The van der Waals surface area contributed by atoms with Crippen molar-refractivity contribution in [3.63, 3.8) is 0 Å². The summed E-state index contributed by atoms with van der Waals surface area (Å²) in [5, 5.41) is 0. The van der Waals surface area contributed by atoms with E-state index in [1.54, 1.807) is 4.90 Å². The molecule has 0 aliphatic carbocycles. The van der Waals surface area contributed by atoms with E-state index in [1.165, 1.54) is 0 Å². The van der Waals surface area contributed by atoms with Gasteiger partial charge in [-0.1, -0.05) is 78.9 Å². The molecular formula is C42H48N6O4. The number of carbonyl (C=O) groups is 2. The van der Waals surface area contributed by atoms with Crippen LogP contribution in [0.15, 0.2) is 91.3 Å². The van der Waals surface area contributed by atoms with E-state index in [1.807, 2.05) is 77.0 Å². The summed E-state index contributed by atoms with van der Waals surface area (Å²) in [6.07, 6.45) is 6.43. The second-order valence-electron chi connectivity index (χ2n) is 15.8. The highest BCUT2D eigenvalue weighted by atomic mass is 16.6. The molecule has 270 valence electrons. The molecule has 5 aromatic rings. The van der Waals surface area contributed by atoms with Crippen molar-refractivity contribution in [1.29, 1.82) is 0 Å². The molecule has 2 fully saturated rings. The highest BCUT2D eigenvalue weighted by Gasteiger charge is 2.42. The largest absolute Gasteiger partial charge is 0.444 e. The van der Waals surface area contributed by atoms with E-state index in [2.05, 4.69) is 75.6 Å². The van der Waals surface area contributed by atoms with Crippen LogP contribution in [0.4, 0.5) is 9.59 Å². The molecule has 3 aromatic carbocycles. The van der Waals surface area contributed by atoms with Crippen LogP contribution in [-0.2, 0) is 9.47 Å². The SMILES string of the molecule is CC(C)(C)OC(=O)N1CCCC1c1ncc(-c2ccc(-c3ccc(-c4cnc([C@@H]5CC[C@H](c6ccccc6)N5C(=O)OC(C)(C)C)[nH]4)cc3)cc2)[nH]1. The van der Waals surface area contributed by atoms with Gasteiger partial charge in [0.1, 0.15) is 22.9 Å². The van der Waals surface area contributed by atoms with Crippen LogP contribution < -0.4 is 0 Å². The third kappa shape index (κ3) is 7.61. The summed E-state index contributed by atoms with van der Waals surface area (Å²) in [5.74, 6) is 1.54. The van der Waals surface area contributed by atoms with Gasteiger partial charge in [-0.05, 0) is 95.0 Å². The third-order valence-corrected chi connectivity index (χ3v) is 9.60. The summed E-state index contributed by atoms with van der Waals surface area (Å²) in [6.45, 7) is 12.0. The third-order valence-electron chi connectivity index (χ3n) is 9.60. The summed E-state index contributed by atoms with van der Waals surface area (Å²) < 4.78 is 11.5. The summed E-state index contributed by atoms with van der Waals surface area (Å²) in [5.41, 5.74) is 5.97. The number of imidazole rings is 2. The number of nitrogens with one attached hydrogen (secondary N) is 2. The van der Waals surface area contributed by atoms with Gasteiger partial charge >= 0.3 is 12.2 Å². The highest BCUT2D eigenvalue weighted by molar-refractivity contribution is 5.73. The normalized spacial score (nSPS) is 19.2. The number of aromatic nitrogens is 4. The molecule has 52 heavy (non-hydrogen) atoms. The van der Waals surface area contributed by atoms with Gasteiger partial charge in [0.15, 0.2) is 0 Å². The van der Waals surface area contributed by atoms with Crippen LogP contribution >= 0.6 is 0 Å². The fourth-order valence-corrected chi connectivity index (χ4v) is 7.23. The lowest BCUT2D eigenvalue weighted by Crippen LogP contribution is -2.38. The lowest BCUT2D eigenvalue weighted by molar-refractivity contribution is 0.0133. The van der Waals surface area contributed by atoms with Crippen molar-refractivity contribution in [3.05, 3.63) is 108 Å². The molecule has 2 N–H and O–H groups in total. The van der Waals surface area contributed by atoms with Gasteiger partial charge in [-0.2, -0.15) is 0 Å². The van der Waals surface area contributed by atoms with Crippen molar-refractivity contribution < 1.29 is 19.1 Å². The smallest absolute Gasteiger partial charge is 0.411 e. The zero-order valence-electron chi connectivity index (χ0n) is 30.8. The fourth-order valence-electron chi connectivity index (χ4n) is 7.23. The van der Waals surface area contributed by atoms with E-state index < -0.39 is 11.2 Å². The number of hydrogen-bond acceptors (Lipinski definition) is 6. The monoisotopic (exact) mass is 700 g/mol. The molecule has 1 unspecified atom stereocenters. The van der Waals surface area contributed by atoms with Crippen molar-refractivity contribution in [2.75, 3.05) is 6.54 Å². The van der Waals surface area contributed by atoms with E-state index in [4.69, 9.17) is 14.5 Å². The Bertz CT molecular complexity index is 2000. The van der Waals surface area contributed by atoms with Crippen LogP contribution in [0.1, 0.15) is 103 Å². The first kappa shape index (κ1) is 35.0. The Morgan fingerprint density at radius 1 is 0.615 bits per heavy atom. The second-order valence-corrected chi connectivity index (χ2v) is 15.8. The molecule has 0 radical (unpaired) electrons. The molecule has 7 rings (SSSR count). The van der Waals surface area contributed by atoms with E-state index in [0.717, 1.165) is 76.5 Å². The molecule has 10 heteroatoms. The molecule has 2 saturated heterocycles. The van der Waals surface area contributed by atoms with Crippen LogP contribution in [0.2, 0.25) is 0 Å². The Morgan fingerprint density at radius 2 is 1.10 bits per heavy atom. The van der Waals surface area contributed by atoms with Gasteiger partial charge in [0.2, 0.25) is 0 Å². The maximum atomic E-state index is 13.5. The number of nitrogens with zero attached hydrogens (tertiary/aromatic N) is 4. The predicted molar refractivity (Wildman–Crippen MR) is 201 cm³/mol. The number of hydrogen-bond donors (Lipinski definition) is 2. The number of amides is 2. The Kier molecular flexibility index (Phi) is 9.42. The number of benzene rings is 3. The first-order chi connectivity index (χ1) is 24.8. The van der Waals surface area contributed by atoms with Gasteiger partial charge in [-0.25, -0.2) is 19.6 Å². The topological polar surface area (TPSA) is 116 Å². The van der Waals surface area contributed by atoms with Crippen molar-refractivity contribution in [2.24, 2.45) is 0 Å². The van der Waals surface area contributed by atoms with Crippen molar-refractivity contribution in [1.82, 2.24) is 29.7 Å². The standard InChI is InChI=1S/C42H48N6O4/c1-41(2,3)51-39(49)47-24-10-13-35(47)37-43-25-32(45-37)29-18-14-27(15-19-29)28-16-20-30(21-17-28)33-26-44-38(46-33)36-23-22-34(31-11-8-7-9-12-31)48(36)40(50)52-42(4,5)6/h7-9,11-12,14-21,25-26,34-36H,10,13,22-24H2,1-6H3,(H,43,45)(H,44,46)/t34-,35?,36+/m1/s1. The van der Waals surface area contributed by atoms with Crippen molar-refractivity contribution >= 4 is 12.2 Å². The van der Waals surface area contributed by atoms with E-state index in [0.29, 0.717) is 6.54 Å². The Morgan fingerprint density at radius 3 is 1.63 bits per heavy atom. The predicted octanol–water partition coefficient (Wildman–Crippen LogP) is 10.0. The molecule has 10 nitrogen and oxygen atoms in total. The van der Waals surface area contributed by atoms with Gasteiger partial charge in [0, 0.05) is 6.54 Å². The molecule has 2 amide bonds.